The van der Waals surface area contributed by atoms with E-state index < -0.39 is 0 Å². The Balaban J connectivity index is 2.46. The molecule has 0 amide bonds. The smallest absolute Gasteiger partial charge is 0.181 e. The molecular weight excluding hydrogens is 206 g/mol. The van der Waals surface area contributed by atoms with Gasteiger partial charge < -0.3 is 4.74 Å². The van der Waals surface area contributed by atoms with Gasteiger partial charge in [-0.1, -0.05) is 17.3 Å². The fourth-order valence-electron chi connectivity index (χ4n) is 1.36. The van der Waals surface area contributed by atoms with Crippen molar-refractivity contribution < 1.29 is 9.53 Å². The Morgan fingerprint density at radius 2 is 2.12 bits per heavy atom. The Morgan fingerprint density at radius 1 is 1.38 bits per heavy atom. The highest BCUT2D eigenvalue weighted by atomic mass is 16.5. The van der Waals surface area contributed by atoms with Gasteiger partial charge in [-0.25, -0.2) is 4.68 Å². The average molecular weight is 217 g/mol. The maximum atomic E-state index is 11.1. The van der Waals surface area contributed by atoms with Gasteiger partial charge in [-0.3, -0.25) is 4.79 Å². The van der Waals surface area contributed by atoms with Gasteiger partial charge in [0.05, 0.1) is 13.3 Å². The number of aromatic nitrogens is 3. The van der Waals surface area contributed by atoms with Gasteiger partial charge in [0, 0.05) is 6.92 Å². The Kier molecular flexibility index (Phi) is 2.68. The molecule has 0 aliphatic carbocycles. The number of benzene rings is 1. The number of Topliss-reactive ketones (excluding diaryl/α,β-unsaturated/α-hetero) is 1. The molecule has 5 heteroatoms. The van der Waals surface area contributed by atoms with Crippen LogP contribution in [0.3, 0.4) is 0 Å². The third-order valence-electron chi connectivity index (χ3n) is 2.19. The second-order valence-electron chi connectivity index (χ2n) is 3.28. The van der Waals surface area contributed by atoms with E-state index in [1.807, 2.05) is 24.3 Å². The van der Waals surface area contributed by atoms with Gasteiger partial charge in [0.25, 0.3) is 0 Å². The molecule has 0 saturated heterocycles. The van der Waals surface area contributed by atoms with Gasteiger partial charge in [0.1, 0.15) is 17.1 Å². The van der Waals surface area contributed by atoms with E-state index in [9.17, 15) is 4.79 Å². The third kappa shape index (κ3) is 1.79. The molecule has 1 aromatic heterocycles. The van der Waals surface area contributed by atoms with Crippen LogP contribution in [0.1, 0.15) is 17.4 Å². The molecule has 0 fully saturated rings. The molecule has 0 N–H and O–H groups in total. The number of carbonyl (C=O) groups excluding carboxylic acids is 1. The zero-order valence-electron chi connectivity index (χ0n) is 9.04. The van der Waals surface area contributed by atoms with Crippen LogP contribution in [-0.2, 0) is 0 Å². The maximum Gasteiger partial charge on any atom is 0.181 e. The van der Waals surface area contributed by atoms with Crippen LogP contribution < -0.4 is 4.74 Å². The lowest BCUT2D eigenvalue weighted by Crippen LogP contribution is -1.98. The SMILES string of the molecule is COc1ccccc1-n1cc(C(C)=O)nn1. The highest BCUT2D eigenvalue weighted by Crippen LogP contribution is 2.20. The van der Waals surface area contributed by atoms with Crippen LogP contribution in [0.25, 0.3) is 5.69 Å². The van der Waals surface area contributed by atoms with Gasteiger partial charge in [0.15, 0.2) is 5.78 Å². The molecule has 0 spiro atoms. The van der Waals surface area contributed by atoms with Crippen molar-refractivity contribution in [1.29, 1.82) is 0 Å². The topological polar surface area (TPSA) is 57.0 Å². The molecule has 2 aromatic rings. The molecule has 0 radical (unpaired) electrons. The average Bonchev–Trinajstić information content (AvgIpc) is 2.78. The van der Waals surface area contributed by atoms with Crippen molar-refractivity contribution in [2.75, 3.05) is 7.11 Å². The Morgan fingerprint density at radius 3 is 2.75 bits per heavy atom. The van der Waals surface area contributed by atoms with Gasteiger partial charge in [-0.15, -0.1) is 5.10 Å². The summed E-state index contributed by atoms with van der Waals surface area (Å²) in [6.07, 6.45) is 1.58. The number of nitrogens with zero attached hydrogens (tertiary/aromatic N) is 3. The summed E-state index contributed by atoms with van der Waals surface area (Å²) in [5.74, 6) is 0.573. The first kappa shape index (κ1) is 10.4. The zero-order valence-corrected chi connectivity index (χ0v) is 9.04. The molecule has 0 aliphatic heterocycles. The molecule has 1 heterocycles. The van der Waals surface area contributed by atoms with E-state index in [-0.39, 0.29) is 5.78 Å². The molecule has 0 saturated carbocycles. The minimum atomic E-state index is -0.110. The van der Waals surface area contributed by atoms with E-state index in [4.69, 9.17) is 4.74 Å². The lowest BCUT2D eigenvalue weighted by atomic mass is 10.3. The maximum absolute atomic E-state index is 11.1. The predicted octanol–water partition coefficient (Wildman–Crippen LogP) is 1.48. The standard InChI is InChI=1S/C11H11N3O2/c1-8(15)9-7-14(13-12-9)10-5-3-4-6-11(10)16-2/h3-7H,1-2H3. The molecule has 0 bridgehead atoms. The van der Waals surface area contributed by atoms with Crippen molar-refractivity contribution in [3.8, 4) is 11.4 Å². The minimum Gasteiger partial charge on any atom is -0.494 e. The molecule has 16 heavy (non-hydrogen) atoms. The van der Waals surface area contributed by atoms with Gasteiger partial charge in [-0.05, 0) is 12.1 Å². The van der Waals surface area contributed by atoms with E-state index >= 15 is 0 Å². The quantitative estimate of drug-likeness (QED) is 0.731. The summed E-state index contributed by atoms with van der Waals surface area (Å²) in [5, 5.41) is 7.66. The molecule has 0 atom stereocenters. The van der Waals surface area contributed by atoms with Crippen molar-refractivity contribution in [2.45, 2.75) is 6.92 Å². The second-order valence-corrected chi connectivity index (χ2v) is 3.28. The Labute approximate surface area is 92.7 Å². The normalized spacial score (nSPS) is 10.1. The molecule has 1 aromatic carbocycles. The van der Waals surface area contributed by atoms with Crippen molar-refractivity contribution in [3.63, 3.8) is 0 Å². The monoisotopic (exact) mass is 217 g/mol. The van der Waals surface area contributed by atoms with E-state index in [0.717, 1.165) is 5.69 Å². The number of hydrogen-bond donors (Lipinski definition) is 0. The Bertz CT molecular complexity index is 519. The molecule has 0 aliphatic rings. The predicted molar refractivity (Wildman–Crippen MR) is 57.9 cm³/mol. The summed E-state index contributed by atoms with van der Waals surface area (Å²) in [5.41, 5.74) is 1.09. The summed E-state index contributed by atoms with van der Waals surface area (Å²) in [6, 6.07) is 7.40. The number of ketones is 1. The second kappa shape index (κ2) is 4.14. The number of ether oxygens (including phenoxy) is 1. The van der Waals surface area contributed by atoms with Crippen molar-refractivity contribution in [3.05, 3.63) is 36.2 Å². The number of methoxy groups -OCH3 is 1. The summed E-state index contributed by atoms with van der Waals surface area (Å²) >= 11 is 0. The number of carbonyl (C=O) groups is 1. The minimum absolute atomic E-state index is 0.110. The number of rotatable bonds is 3. The van der Waals surface area contributed by atoms with Crippen molar-refractivity contribution in [1.82, 2.24) is 15.0 Å². The lowest BCUT2D eigenvalue weighted by Gasteiger charge is -2.06. The van der Waals surface area contributed by atoms with E-state index in [1.54, 1.807) is 13.3 Å². The van der Waals surface area contributed by atoms with Crippen LogP contribution in [0.5, 0.6) is 5.75 Å². The van der Waals surface area contributed by atoms with Crippen LogP contribution in [0.15, 0.2) is 30.5 Å². The molecule has 82 valence electrons. The summed E-state index contributed by atoms with van der Waals surface area (Å²) in [6.45, 7) is 1.45. The fraction of sp³-hybridized carbons (Fsp3) is 0.182. The lowest BCUT2D eigenvalue weighted by molar-refractivity contribution is 0.101. The molecule has 5 nitrogen and oxygen atoms in total. The summed E-state index contributed by atoms with van der Waals surface area (Å²) in [7, 11) is 1.58. The van der Waals surface area contributed by atoms with Crippen LogP contribution >= 0.6 is 0 Å². The van der Waals surface area contributed by atoms with Gasteiger partial charge in [-0.2, -0.15) is 0 Å². The summed E-state index contributed by atoms with van der Waals surface area (Å²) < 4.78 is 6.72. The van der Waals surface area contributed by atoms with Gasteiger partial charge >= 0.3 is 0 Å². The first-order valence-electron chi connectivity index (χ1n) is 4.79. The Hall–Kier alpha value is -2.17. The third-order valence-corrected chi connectivity index (χ3v) is 2.19. The largest absolute Gasteiger partial charge is 0.494 e. The first-order valence-corrected chi connectivity index (χ1v) is 4.79. The van der Waals surface area contributed by atoms with Crippen LogP contribution in [-0.4, -0.2) is 27.9 Å². The van der Waals surface area contributed by atoms with E-state index in [0.29, 0.717) is 11.4 Å². The molecule has 2 rings (SSSR count). The van der Waals surface area contributed by atoms with Crippen LogP contribution in [0.4, 0.5) is 0 Å². The van der Waals surface area contributed by atoms with Crippen molar-refractivity contribution in [2.24, 2.45) is 0 Å². The van der Waals surface area contributed by atoms with Crippen molar-refractivity contribution >= 4 is 5.78 Å². The highest BCUT2D eigenvalue weighted by Gasteiger charge is 2.09. The van der Waals surface area contributed by atoms with Crippen LogP contribution in [0, 0.1) is 0 Å². The fourth-order valence-corrected chi connectivity index (χ4v) is 1.36. The zero-order chi connectivity index (χ0) is 11.5. The molecular formula is C11H11N3O2. The number of para-hydroxylation sites is 2. The first-order chi connectivity index (χ1) is 7.72. The van der Waals surface area contributed by atoms with Gasteiger partial charge in [0.2, 0.25) is 0 Å². The van der Waals surface area contributed by atoms with E-state index in [1.165, 1.54) is 11.6 Å². The number of hydrogen-bond acceptors (Lipinski definition) is 4. The van der Waals surface area contributed by atoms with E-state index in [2.05, 4.69) is 10.3 Å². The summed E-state index contributed by atoms with van der Waals surface area (Å²) in [4.78, 5) is 11.1. The molecule has 0 unspecified atom stereocenters. The highest BCUT2D eigenvalue weighted by molar-refractivity contribution is 5.91. The van der Waals surface area contributed by atoms with Crippen LogP contribution in [0.2, 0.25) is 0 Å².